The second-order valence-corrected chi connectivity index (χ2v) is 5.56. The Morgan fingerprint density at radius 3 is 2.65 bits per heavy atom. The number of halogens is 1. The van der Waals surface area contributed by atoms with Crippen LogP contribution in [-0.4, -0.2) is 21.1 Å². The molecule has 2 aromatic rings. The minimum atomic E-state index is -0.661. The van der Waals surface area contributed by atoms with E-state index in [0.717, 1.165) is 0 Å². The van der Waals surface area contributed by atoms with Gasteiger partial charge in [-0.25, -0.2) is 4.39 Å². The van der Waals surface area contributed by atoms with Crippen molar-refractivity contribution in [3.05, 3.63) is 35.6 Å². The Bertz CT molecular complexity index is 489. The Morgan fingerprint density at radius 1 is 1.35 bits per heavy atom. The van der Waals surface area contributed by atoms with Crippen LogP contribution >= 0.6 is 23.1 Å². The zero-order valence-electron chi connectivity index (χ0n) is 8.71. The molecular formula is C10H10FN3OS2. The van der Waals surface area contributed by atoms with Crippen molar-refractivity contribution in [2.75, 3.05) is 11.5 Å². The molecule has 1 aromatic carbocycles. The molecule has 0 aliphatic rings. The van der Waals surface area contributed by atoms with Gasteiger partial charge in [0.15, 0.2) is 4.34 Å². The topological polar surface area (TPSA) is 72.0 Å². The van der Waals surface area contributed by atoms with Crippen LogP contribution in [0.25, 0.3) is 0 Å². The lowest BCUT2D eigenvalue weighted by molar-refractivity contribution is 0.204. The van der Waals surface area contributed by atoms with Crippen LogP contribution in [0.2, 0.25) is 0 Å². The molecule has 0 spiro atoms. The molecule has 2 rings (SSSR count). The molecule has 7 heteroatoms. The van der Waals surface area contributed by atoms with Gasteiger partial charge in [-0.15, -0.1) is 10.2 Å². The van der Waals surface area contributed by atoms with Crippen molar-refractivity contribution in [1.82, 2.24) is 10.2 Å². The number of nitrogen functional groups attached to an aromatic ring is 1. The summed E-state index contributed by atoms with van der Waals surface area (Å²) in [4.78, 5) is 0. The molecule has 1 heterocycles. The van der Waals surface area contributed by atoms with Crippen molar-refractivity contribution < 1.29 is 9.50 Å². The van der Waals surface area contributed by atoms with Crippen molar-refractivity contribution in [2.24, 2.45) is 0 Å². The van der Waals surface area contributed by atoms with Gasteiger partial charge in [-0.2, -0.15) is 0 Å². The van der Waals surface area contributed by atoms with Crippen LogP contribution in [-0.2, 0) is 0 Å². The Hall–Kier alpha value is -1.18. The predicted molar refractivity (Wildman–Crippen MR) is 66.4 cm³/mol. The van der Waals surface area contributed by atoms with Crippen molar-refractivity contribution >= 4 is 28.2 Å². The fourth-order valence-corrected chi connectivity index (χ4v) is 2.84. The predicted octanol–water partition coefficient (Wildman–Crippen LogP) is 2.09. The van der Waals surface area contributed by atoms with Crippen molar-refractivity contribution in [3.8, 4) is 0 Å². The summed E-state index contributed by atoms with van der Waals surface area (Å²) in [6.45, 7) is 0. The number of hydrogen-bond donors (Lipinski definition) is 2. The molecule has 0 aliphatic carbocycles. The summed E-state index contributed by atoms with van der Waals surface area (Å²) in [6, 6.07) is 5.78. The maximum absolute atomic E-state index is 12.7. The van der Waals surface area contributed by atoms with Crippen LogP contribution in [0.4, 0.5) is 9.52 Å². The monoisotopic (exact) mass is 271 g/mol. The van der Waals surface area contributed by atoms with Crippen LogP contribution < -0.4 is 5.73 Å². The molecule has 0 amide bonds. The van der Waals surface area contributed by atoms with Crippen LogP contribution in [0.1, 0.15) is 11.7 Å². The second kappa shape index (κ2) is 5.44. The van der Waals surface area contributed by atoms with Crippen molar-refractivity contribution in [3.63, 3.8) is 0 Å². The number of thioether (sulfide) groups is 1. The highest BCUT2D eigenvalue weighted by Gasteiger charge is 2.10. The zero-order chi connectivity index (χ0) is 12.3. The van der Waals surface area contributed by atoms with Gasteiger partial charge in [0.05, 0.1) is 6.10 Å². The van der Waals surface area contributed by atoms with Gasteiger partial charge >= 0.3 is 0 Å². The Kier molecular flexibility index (Phi) is 3.93. The van der Waals surface area contributed by atoms with E-state index in [1.807, 2.05) is 0 Å². The smallest absolute Gasteiger partial charge is 0.203 e. The number of hydrogen-bond acceptors (Lipinski definition) is 6. The quantitative estimate of drug-likeness (QED) is 0.833. The lowest BCUT2D eigenvalue weighted by Gasteiger charge is -2.08. The van der Waals surface area contributed by atoms with E-state index in [1.54, 1.807) is 12.1 Å². The molecule has 0 fully saturated rings. The number of aliphatic hydroxyl groups is 1. The van der Waals surface area contributed by atoms with Gasteiger partial charge in [0, 0.05) is 5.75 Å². The second-order valence-electron chi connectivity index (χ2n) is 3.28. The SMILES string of the molecule is Nc1nnc(SC[C@@H](O)c2ccc(F)cc2)s1. The molecule has 0 unspecified atom stereocenters. The highest BCUT2D eigenvalue weighted by molar-refractivity contribution is 8.01. The highest BCUT2D eigenvalue weighted by atomic mass is 32.2. The van der Waals surface area contributed by atoms with E-state index >= 15 is 0 Å². The number of benzene rings is 1. The van der Waals surface area contributed by atoms with Gasteiger partial charge in [-0.05, 0) is 17.7 Å². The molecule has 0 saturated carbocycles. The van der Waals surface area contributed by atoms with E-state index in [1.165, 1.54) is 35.2 Å². The van der Waals surface area contributed by atoms with Gasteiger partial charge in [0.1, 0.15) is 5.82 Å². The summed E-state index contributed by atoms with van der Waals surface area (Å²) in [5.74, 6) is 0.116. The Labute approximate surface area is 106 Å². The molecule has 17 heavy (non-hydrogen) atoms. The standard InChI is InChI=1S/C10H10FN3OS2/c11-7-3-1-6(2-4-7)8(15)5-16-10-14-13-9(12)17-10/h1-4,8,15H,5H2,(H2,12,13)/t8-/m1/s1. The van der Waals surface area contributed by atoms with E-state index in [9.17, 15) is 9.50 Å². The zero-order valence-corrected chi connectivity index (χ0v) is 10.3. The van der Waals surface area contributed by atoms with Crippen molar-refractivity contribution in [1.29, 1.82) is 0 Å². The third-order valence-electron chi connectivity index (χ3n) is 2.04. The first-order valence-electron chi connectivity index (χ1n) is 4.80. The van der Waals surface area contributed by atoms with Crippen LogP contribution in [0, 0.1) is 5.82 Å². The van der Waals surface area contributed by atoms with Crippen LogP contribution in [0.5, 0.6) is 0 Å². The molecule has 0 radical (unpaired) electrons. The van der Waals surface area contributed by atoms with Gasteiger partial charge < -0.3 is 10.8 Å². The maximum Gasteiger partial charge on any atom is 0.203 e. The first-order valence-corrected chi connectivity index (χ1v) is 6.60. The maximum atomic E-state index is 12.7. The third kappa shape index (κ3) is 3.39. The number of anilines is 1. The number of rotatable bonds is 4. The summed E-state index contributed by atoms with van der Waals surface area (Å²) in [6.07, 6.45) is -0.661. The summed E-state index contributed by atoms with van der Waals surface area (Å²) in [5.41, 5.74) is 6.12. The minimum Gasteiger partial charge on any atom is -0.388 e. The van der Waals surface area contributed by atoms with Gasteiger partial charge in [-0.1, -0.05) is 35.2 Å². The summed E-state index contributed by atoms with van der Waals surface area (Å²) >= 11 is 2.64. The van der Waals surface area contributed by atoms with Gasteiger partial charge in [0.25, 0.3) is 0 Å². The average molecular weight is 271 g/mol. The molecule has 0 aliphatic heterocycles. The van der Waals surface area contributed by atoms with Crippen LogP contribution in [0.15, 0.2) is 28.6 Å². The Morgan fingerprint density at radius 2 is 2.06 bits per heavy atom. The van der Waals surface area contributed by atoms with E-state index in [4.69, 9.17) is 5.73 Å². The summed E-state index contributed by atoms with van der Waals surface area (Å²) in [7, 11) is 0. The Balaban J connectivity index is 1.93. The largest absolute Gasteiger partial charge is 0.388 e. The highest BCUT2D eigenvalue weighted by Crippen LogP contribution is 2.27. The molecule has 3 N–H and O–H groups in total. The molecule has 1 aromatic heterocycles. The van der Waals surface area contributed by atoms with Crippen LogP contribution in [0.3, 0.4) is 0 Å². The van der Waals surface area contributed by atoms with Gasteiger partial charge in [-0.3, -0.25) is 0 Å². The number of nitrogens with zero attached hydrogens (tertiary/aromatic N) is 2. The van der Waals surface area contributed by atoms with E-state index < -0.39 is 6.10 Å². The number of aromatic nitrogens is 2. The molecule has 0 bridgehead atoms. The average Bonchev–Trinajstić information content (AvgIpc) is 2.73. The summed E-state index contributed by atoms with van der Waals surface area (Å²) < 4.78 is 13.4. The summed E-state index contributed by atoms with van der Waals surface area (Å²) in [5, 5.41) is 17.8. The van der Waals surface area contributed by atoms with E-state index in [2.05, 4.69) is 10.2 Å². The fourth-order valence-electron chi connectivity index (χ4n) is 1.21. The lowest BCUT2D eigenvalue weighted by atomic mass is 10.1. The van der Waals surface area contributed by atoms with Gasteiger partial charge in [0.2, 0.25) is 5.13 Å². The third-order valence-corrected chi connectivity index (χ3v) is 4.00. The molecule has 4 nitrogen and oxygen atoms in total. The van der Waals surface area contributed by atoms with Crippen molar-refractivity contribution in [2.45, 2.75) is 10.4 Å². The normalized spacial score (nSPS) is 12.6. The molecule has 0 saturated heterocycles. The first kappa shape index (κ1) is 12.3. The van der Waals surface area contributed by atoms with E-state index in [0.29, 0.717) is 20.8 Å². The number of aliphatic hydroxyl groups excluding tert-OH is 1. The number of nitrogens with two attached hydrogens (primary N) is 1. The lowest BCUT2D eigenvalue weighted by Crippen LogP contribution is -2.00. The molecular weight excluding hydrogens is 261 g/mol. The minimum absolute atomic E-state index is 0.314. The van der Waals surface area contributed by atoms with E-state index in [-0.39, 0.29) is 5.82 Å². The fraction of sp³-hybridized carbons (Fsp3) is 0.200. The first-order chi connectivity index (χ1) is 8.15. The molecule has 90 valence electrons. The molecule has 1 atom stereocenters.